The zero-order chi connectivity index (χ0) is 22.7. The Bertz CT molecular complexity index is 1250. The molecule has 0 saturated heterocycles. The number of nitrogens with zero attached hydrogens (tertiary/aromatic N) is 2. The number of hydrogen-bond acceptors (Lipinski definition) is 6. The van der Waals surface area contributed by atoms with Gasteiger partial charge in [-0.05, 0) is 80.4 Å². The van der Waals surface area contributed by atoms with E-state index in [1.807, 2.05) is 62.4 Å². The van der Waals surface area contributed by atoms with Gasteiger partial charge in [0.25, 0.3) is 0 Å². The number of aryl methyl sites for hydroxylation is 2. The van der Waals surface area contributed by atoms with Crippen molar-refractivity contribution in [3.63, 3.8) is 0 Å². The first-order chi connectivity index (χ1) is 15.5. The van der Waals surface area contributed by atoms with Crippen molar-refractivity contribution in [1.29, 1.82) is 0 Å². The Balaban J connectivity index is 1.58. The maximum atomic E-state index is 12.3. The summed E-state index contributed by atoms with van der Waals surface area (Å²) in [6.45, 7) is 6.00. The highest BCUT2D eigenvalue weighted by Crippen LogP contribution is 2.31. The van der Waals surface area contributed by atoms with Gasteiger partial charge in [0.2, 0.25) is 0 Å². The highest BCUT2D eigenvalue weighted by atomic mass is 16.5. The third-order valence-electron chi connectivity index (χ3n) is 5.16. The van der Waals surface area contributed by atoms with Gasteiger partial charge in [-0.25, -0.2) is 9.31 Å². The second-order valence-electron chi connectivity index (χ2n) is 7.31. The van der Waals surface area contributed by atoms with Crippen molar-refractivity contribution in [2.45, 2.75) is 20.8 Å². The fourth-order valence-electron chi connectivity index (χ4n) is 3.48. The van der Waals surface area contributed by atoms with Crippen molar-refractivity contribution in [2.24, 2.45) is 0 Å². The molecule has 7 nitrogen and oxygen atoms in total. The third-order valence-corrected chi connectivity index (χ3v) is 5.16. The number of methoxy groups -OCH3 is 1. The van der Waals surface area contributed by atoms with Gasteiger partial charge in [0.1, 0.15) is 17.2 Å². The number of rotatable bonds is 7. The summed E-state index contributed by atoms with van der Waals surface area (Å²) in [4.78, 5) is 12.3. The summed E-state index contributed by atoms with van der Waals surface area (Å²) in [7, 11) is 1.63. The highest BCUT2D eigenvalue weighted by Gasteiger charge is 2.19. The normalized spacial score (nSPS) is 10.8. The minimum Gasteiger partial charge on any atom is -0.497 e. The number of esters is 1. The van der Waals surface area contributed by atoms with Gasteiger partial charge in [-0.2, -0.15) is 5.10 Å². The number of benzene rings is 2. The molecule has 32 heavy (non-hydrogen) atoms. The number of nitrogens with one attached hydrogen (secondary N) is 1. The summed E-state index contributed by atoms with van der Waals surface area (Å²) in [6.07, 6.45) is 3.48. The van der Waals surface area contributed by atoms with E-state index in [1.54, 1.807) is 30.9 Å². The molecule has 0 aliphatic carbocycles. The Kier molecular flexibility index (Phi) is 5.98. The Morgan fingerprint density at radius 3 is 2.25 bits per heavy atom. The molecule has 0 amide bonds. The van der Waals surface area contributed by atoms with E-state index in [4.69, 9.17) is 14.2 Å². The molecular weight excluding hydrogens is 406 g/mol. The molecule has 164 valence electrons. The van der Waals surface area contributed by atoms with Gasteiger partial charge in [0.15, 0.2) is 0 Å². The van der Waals surface area contributed by atoms with Crippen molar-refractivity contribution in [1.82, 2.24) is 9.61 Å². The van der Waals surface area contributed by atoms with E-state index in [9.17, 15) is 4.79 Å². The van der Waals surface area contributed by atoms with Gasteiger partial charge in [-0.3, -0.25) is 0 Å². The first-order valence-corrected chi connectivity index (χ1v) is 10.3. The number of anilines is 2. The van der Waals surface area contributed by atoms with Crippen molar-refractivity contribution in [2.75, 3.05) is 19.0 Å². The summed E-state index contributed by atoms with van der Waals surface area (Å²) in [5, 5.41) is 7.88. The quantitative estimate of drug-likeness (QED) is 0.380. The molecule has 4 rings (SSSR count). The topological polar surface area (TPSA) is 74.1 Å². The van der Waals surface area contributed by atoms with Crippen LogP contribution in [0.3, 0.4) is 0 Å². The summed E-state index contributed by atoms with van der Waals surface area (Å²) >= 11 is 0. The Morgan fingerprint density at radius 1 is 1.00 bits per heavy atom. The van der Waals surface area contributed by atoms with Gasteiger partial charge in [0.05, 0.1) is 36.7 Å². The Labute approximate surface area is 186 Å². The van der Waals surface area contributed by atoms with Crippen molar-refractivity contribution in [3.8, 4) is 17.2 Å². The zero-order valence-corrected chi connectivity index (χ0v) is 18.5. The highest BCUT2D eigenvalue weighted by molar-refractivity contribution is 5.96. The van der Waals surface area contributed by atoms with Crippen LogP contribution in [0.4, 0.5) is 11.4 Å². The average molecular weight is 431 g/mol. The molecular formula is C25H25N3O4. The molecule has 0 atom stereocenters. The van der Waals surface area contributed by atoms with Crippen LogP contribution in [0, 0.1) is 13.8 Å². The van der Waals surface area contributed by atoms with Gasteiger partial charge in [-0.15, -0.1) is 0 Å². The standard InChI is InChI=1S/C25H25N3O4/c1-5-31-25(29)22-15-28-24(17(22)3)23(16(2)14-26-28)27-18-6-8-20(9-7-18)32-21-12-10-19(30-4)11-13-21/h6-15,27H,5H2,1-4H3. The molecule has 0 saturated carbocycles. The maximum Gasteiger partial charge on any atom is 0.340 e. The zero-order valence-electron chi connectivity index (χ0n) is 18.5. The predicted octanol–water partition coefficient (Wildman–Crippen LogP) is 5.67. The first-order valence-electron chi connectivity index (χ1n) is 10.3. The average Bonchev–Trinajstić information content (AvgIpc) is 3.14. The molecule has 0 radical (unpaired) electrons. The first kappa shape index (κ1) is 21.2. The monoisotopic (exact) mass is 431 g/mol. The van der Waals surface area contributed by atoms with Crippen molar-refractivity contribution >= 4 is 22.9 Å². The van der Waals surface area contributed by atoms with Gasteiger partial charge >= 0.3 is 5.97 Å². The number of carbonyl (C=O) groups excluding carboxylic acids is 1. The second kappa shape index (κ2) is 9.01. The van der Waals surface area contributed by atoms with E-state index >= 15 is 0 Å². The molecule has 0 fully saturated rings. The lowest BCUT2D eigenvalue weighted by atomic mass is 10.1. The van der Waals surface area contributed by atoms with Crippen LogP contribution in [0.2, 0.25) is 0 Å². The number of ether oxygens (including phenoxy) is 3. The molecule has 0 spiro atoms. The molecule has 4 aromatic rings. The molecule has 0 unspecified atom stereocenters. The summed E-state index contributed by atoms with van der Waals surface area (Å²) in [5.41, 5.74) is 4.91. The molecule has 7 heteroatoms. The van der Waals surface area contributed by atoms with Gasteiger partial charge in [-0.1, -0.05) is 0 Å². The summed E-state index contributed by atoms with van der Waals surface area (Å²) < 4.78 is 18.0. The SMILES string of the molecule is CCOC(=O)c1cn2ncc(C)c(Nc3ccc(Oc4ccc(OC)cc4)cc3)c2c1C. The minimum atomic E-state index is -0.348. The molecule has 1 N–H and O–H groups in total. The van der Waals surface area contributed by atoms with Crippen molar-refractivity contribution < 1.29 is 19.0 Å². The van der Waals surface area contributed by atoms with E-state index in [0.29, 0.717) is 12.2 Å². The predicted molar refractivity (Wildman–Crippen MR) is 123 cm³/mol. The molecule has 0 bridgehead atoms. The van der Waals surface area contributed by atoms with Crippen LogP contribution in [-0.4, -0.2) is 29.3 Å². The van der Waals surface area contributed by atoms with E-state index in [-0.39, 0.29) is 5.97 Å². The van der Waals surface area contributed by atoms with Crippen LogP contribution in [0.5, 0.6) is 17.2 Å². The van der Waals surface area contributed by atoms with Crippen molar-refractivity contribution in [3.05, 3.63) is 77.6 Å². The van der Waals surface area contributed by atoms with Gasteiger partial charge < -0.3 is 19.5 Å². The lowest BCUT2D eigenvalue weighted by Crippen LogP contribution is -2.04. The summed E-state index contributed by atoms with van der Waals surface area (Å²) in [6, 6.07) is 15.1. The molecule has 2 heterocycles. The molecule has 0 aliphatic heterocycles. The van der Waals surface area contributed by atoms with E-state index in [1.165, 1.54) is 0 Å². The largest absolute Gasteiger partial charge is 0.497 e. The molecule has 0 aliphatic rings. The minimum absolute atomic E-state index is 0.326. The second-order valence-corrected chi connectivity index (χ2v) is 7.31. The van der Waals surface area contributed by atoms with E-state index in [0.717, 1.165) is 45.3 Å². The Morgan fingerprint density at radius 2 is 1.62 bits per heavy atom. The lowest BCUT2D eigenvalue weighted by molar-refractivity contribution is 0.0525. The molecule has 2 aromatic heterocycles. The molecule has 2 aromatic carbocycles. The third kappa shape index (κ3) is 4.23. The van der Waals surface area contributed by atoms with Crippen LogP contribution < -0.4 is 14.8 Å². The number of fused-ring (bicyclic) bond motifs is 1. The summed E-state index contributed by atoms with van der Waals surface area (Å²) in [5.74, 6) is 1.89. The fourth-order valence-corrected chi connectivity index (χ4v) is 3.48. The Hall–Kier alpha value is -4.00. The van der Waals surface area contributed by atoms with Crippen LogP contribution >= 0.6 is 0 Å². The van der Waals surface area contributed by atoms with Crippen LogP contribution in [0.1, 0.15) is 28.4 Å². The number of hydrogen-bond donors (Lipinski definition) is 1. The van der Waals surface area contributed by atoms with E-state index < -0.39 is 0 Å². The van der Waals surface area contributed by atoms with Crippen LogP contribution in [0.15, 0.2) is 60.9 Å². The number of aromatic nitrogens is 2. The van der Waals surface area contributed by atoms with Crippen LogP contribution in [-0.2, 0) is 4.74 Å². The van der Waals surface area contributed by atoms with Crippen LogP contribution in [0.25, 0.3) is 5.52 Å². The van der Waals surface area contributed by atoms with E-state index in [2.05, 4.69) is 10.4 Å². The smallest absolute Gasteiger partial charge is 0.340 e. The lowest BCUT2D eigenvalue weighted by Gasteiger charge is -2.13. The maximum absolute atomic E-state index is 12.3. The van der Waals surface area contributed by atoms with Gasteiger partial charge in [0, 0.05) is 11.9 Å². The number of carbonyl (C=O) groups is 1. The fraction of sp³-hybridized carbons (Fsp3) is 0.200.